The fourth-order valence-electron chi connectivity index (χ4n) is 2.87. The van der Waals surface area contributed by atoms with Crippen LogP contribution < -0.4 is 10.9 Å². The molecule has 1 aromatic carbocycles. The second-order valence-electron chi connectivity index (χ2n) is 6.18. The Kier molecular flexibility index (Phi) is 6.27. The molecule has 0 aliphatic heterocycles. The fraction of sp³-hybridized carbons (Fsp3) is 0.300. The van der Waals surface area contributed by atoms with Crippen molar-refractivity contribution < 1.29 is 9.53 Å². The summed E-state index contributed by atoms with van der Waals surface area (Å²) in [6, 6.07) is 11.2. The van der Waals surface area contributed by atoms with E-state index in [0.717, 1.165) is 23.1 Å². The number of aromatic nitrogens is 3. The lowest BCUT2D eigenvalue weighted by Crippen LogP contribution is -2.35. The van der Waals surface area contributed by atoms with Gasteiger partial charge in [-0.3, -0.25) is 14.6 Å². The fourth-order valence-corrected chi connectivity index (χ4v) is 2.87. The van der Waals surface area contributed by atoms with Crippen molar-refractivity contribution in [3.8, 4) is 0 Å². The topological polar surface area (TPSA) is 86.1 Å². The molecule has 1 N–H and O–H groups in total. The Labute approximate surface area is 157 Å². The van der Waals surface area contributed by atoms with Crippen molar-refractivity contribution in [3.05, 3.63) is 70.4 Å². The third-order valence-corrected chi connectivity index (χ3v) is 4.21. The first-order chi connectivity index (χ1) is 13.2. The molecule has 0 aliphatic carbocycles. The van der Waals surface area contributed by atoms with Gasteiger partial charge in [-0.2, -0.15) is 5.10 Å². The Hall–Kier alpha value is -3.06. The predicted octanol–water partition coefficient (Wildman–Crippen LogP) is 1.53. The van der Waals surface area contributed by atoms with Crippen LogP contribution in [0.2, 0.25) is 0 Å². The van der Waals surface area contributed by atoms with E-state index in [0.29, 0.717) is 25.0 Å². The molecule has 7 nitrogen and oxygen atoms in total. The smallest absolute Gasteiger partial charge is 0.275 e. The Bertz CT molecular complexity index is 970. The number of rotatable bonds is 8. The second kappa shape index (κ2) is 9.05. The molecule has 0 unspecified atom stereocenters. The molecule has 0 saturated carbocycles. The van der Waals surface area contributed by atoms with Crippen LogP contribution in [0.4, 0.5) is 0 Å². The third-order valence-electron chi connectivity index (χ3n) is 4.21. The summed E-state index contributed by atoms with van der Waals surface area (Å²) in [5.41, 5.74) is 1.52. The lowest BCUT2D eigenvalue weighted by Gasteiger charge is -2.11. The van der Waals surface area contributed by atoms with Crippen molar-refractivity contribution in [3.63, 3.8) is 0 Å². The van der Waals surface area contributed by atoms with Crippen LogP contribution in [0, 0.1) is 0 Å². The van der Waals surface area contributed by atoms with Gasteiger partial charge in [0.25, 0.3) is 5.56 Å². The van der Waals surface area contributed by atoms with Gasteiger partial charge in [-0.05, 0) is 30.2 Å². The van der Waals surface area contributed by atoms with Crippen LogP contribution in [0.3, 0.4) is 0 Å². The van der Waals surface area contributed by atoms with Crippen molar-refractivity contribution in [2.75, 3.05) is 20.3 Å². The quantitative estimate of drug-likeness (QED) is 0.611. The van der Waals surface area contributed by atoms with Gasteiger partial charge in [-0.1, -0.05) is 18.2 Å². The molecule has 140 valence electrons. The van der Waals surface area contributed by atoms with Gasteiger partial charge in [0.1, 0.15) is 6.54 Å². The molecule has 3 aromatic rings. The molecule has 0 saturated heterocycles. The monoisotopic (exact) mass is 366 g/mol. The van der Waals surface area contributed by atoms with Gasteiger partial charge in [-0.15, -0.1) is 0 Å². The number of pyridine rings is 1. The van der Waals surface area contributed by atoms with Gasteiger partial charge in [0, 0.05) is 44.5 Å². The number of hydrogen-bond donors (Lipinski definition) is 1. The summed E-state index contributed by atoms with van der Waals surface area (Å²) >= 11 is 0. The van der Waals surface area contributed by atoms with Gasteiger partial charge in [0.05, 0.1) is 11.1 Å². The van der Waals surface area contributed by atoms with Crippen molar-refractivity contribution in [1.29, 1.82) is 0 Å². The van der Waals surface area contributed by atoms with Crippen LogP contribution in [0.5, 0.6) is 0 Å². The van der Waals surface area contributed by atoms with Crippen molar-refractivity contribution in [2.24, 2.45) is 0 Å². The van der Waals surface area contributed by atoms with E-state index in [1.54, 1.807) is 25.6 Å². The lowest BCUT2D eigenvalue weighted by atomic mass is 10.1. The highest BCUT2D eigenvalue weighted by molar-refractivity contribution is 5.84. The number of nitrogens with one attached hydrogen (secondary N) is 1. The van der Waals surface area contributed by atoms with Crippen LogP contribution in [-0.2, 0) is 22.5 Å². The van der Waals surface area contributed by atoms with Crippen LogP contribution in [-0.4, -0.2) is 40.9 Å². The summed E-state index contributed by atoms with van der Waals surface area (Å²) < 4.78 is 6.20. The summed E-state index contributed by atoms with van der Waals surface area (Å²) in [7, 11) is 1.62. The lowest BCUT2D eigenvalue weighted by molar-refractivity contribution is -0.121. The average molecular weight is 366 g/mol. The number of carbonyl (C=O) groups is 1. The van der Waals surface area contributed by atoms with Crippen LogP contribution in [0.25, 0.3) is 10.8 Å². The molecule has 0 bridgehead atoms. The highest BCUT2D eigenvalue weighted by atomic mass is 16.5. The zero-order valence-electron chi connectivity index (χ0n) is 15.2. The molecular formula is C20H22N4O3. The number of ether oxygens (including phenoxy) is 1. The van der Waals surface area contributed by atoms with Gasteiger partial charge in [0.15, 0.2) is 0 Å². The summed E-state index contributed by atoms with van der Waals surface area (Å²) in [6.45, 7) is 0.962. The van der Waals surface area contributed by atoms with Crippen molar-refractivity contribution >= 4 is 16.7 Å². The Morgan fingerprint density at radius 3 is 2.63 bits per heavy atom. The normalized spacial score (nSPS) is 10.9. The molecule has 7 heteroatoms. The summed E-state index contributed by atoms with van der Waals surface area (Å²) in [4.78, 5) is 28.9. The van der Waals surface area contributed by atoms with E-state index >= 15 is 0 Å². The Morgan fingerprint density at radius 1 is 1.15 bits per heavy atom. The maximum Gasteiger partial charge on any atom is 0.275 e. The Balaban J connectivity index is 1.88. The first-order valence-electron chi connectivity index (χ1n) is 8.82. The second-order valence-corrected chi connectivity index (χ2v) is 6.18. The zero-order valence-corrected chi connectivity index (χ0v) is 15.2. The molecule has 0 fully saturated rings. The molecule has 1 amide bonds. The molecule has 3 rings (SSSR count). The standard InChI is InChI=1S/C20H22N4O3/c1-27-12-4-9-22-19(25)14-24-20(26)17-6-3-2-5-16(17)18(23-24)13-15-7-10-21-11-8-15/h2-3,5-8,10-11H,4,9,12-14H2,1H3,(H,22,25). The largest absolute Gasteiger partial charge is 0.385 e. The van der Waals surface area contributed by atoms with Crippen LogP contribution in [0.1, 0.15) is 17.7 Å². The van der Waals surface area contributed by atoms with Gasteiger partial charge >= 0.3 is 0 Å². The molecule has 0 radical (unpaired) electrons. The number of fused-ring (bicyclic) bond motifs is 1. The summed E-state index contributed by atoms with van der Waals surface area (Å²) in [6.07, 6.45) is 4.72. The van der Waals surface area contributed by atoms with E-state index < -0.39 is 0 Å². The molecular weight excluding hydrogens is 344 g/mol. The molecule has 2 heterocycles. The zero-order chi connectivity index (χ0) is 19.1. The van der Waals surface area contributed by atoms with E-state index in [1.807, 2.05) is 30.3 Å². The highest BCUT2D eigenvalue weighted by Gasteiger charge is 2.13. The number of amides is 1. The van der Waals surface area contributed by atoms with Gasteiger partial charge in [-0.25, -0.2) is 4.68 Å². The molecule has 0 atom stereocenters. The van der Waals surface area contributed by atoms with Gasteiger partial charge < -0.3 is 10.1 Å². The van der Waals surface area contributed by atoms with Crippen molar-refractivity contribution in [2.45, 2.75) is 19.4 Å². The van der Waals surface area contributed by atoms with E-state index in [9.17, 15) is 9.59 Å². The minimum atomic E-state index is -0.267. The van der Waals surface area contributed by atoms with E-state index in [4.69, 9.17) is 4.74 Å². The molecule has 2 aromatic heterocycles. The number of hydrogen-bond acceptors (Lipinski definition) is 5. The first kappa shape index (κ1) is 18.7. The van der Waals surface area contributed by atoms with E-state index in [-0.39, 0.29) is 18.0 Å². The maximum absolute atomic E-state index is 12.7. The van der Waals surface area contributed by atoms with Gasteiger partial charge in [0.2, 0.25) is 5.91 Å². The average Bonchev–Trinajstić information content (AvgIpc) is 2.70. The molecule has 0 spiro atoms. The number of methoxy groups -OCH3 is 1. The van der Waals surface area contributed by atoms with E-state index in [1.165, 1.54) is 4.68 Å². The van der Waals surface area contributed by atoms with Crippen molar-refractivity contribution in [1.82, 2.24) is 20.1 Å². The van der Waals surface area contributed by atoms with Crippen LogP contribution in [0.15, 0.2) is 53.6 Å². The number of nitrogens with zero attached hydrogens (tertiary/aromatic N) is 3. The summed E-state index contributed by atoms with van der Waals surface area (Å²) in [5, 5.41) is 8.62. The number of carbonyl (C=O) groups excluding carboxylic acids is 1. The van der Waals surface area contributed by atoms with E-state index in [2.05, 4.69) is 15.4 Å². The number of benzene rings is 1. The predicted molar refractivity (Wildman–Crippen MR) is 103 cm³/mol. The molecule has 27 heavy (non-hydrogen) atoms. The van der Waals surface area contributed by atoms with Crippen LogP contribution >= 0.6 is 0 Å². The minimum Gasteiger partial charge on any atom is -0.385 e. The summed E-state index contributed by atoms with van der Waals surface area (Å²) in [5.74, 6) is -0.245. The minimum absolute atomic E-state index is 0.111. The first-order valence-corrected chi connectivity index (χ1v) is 8.82. The Morgan fingerprint density at radius 2 is 1.89 bits per heavy atom. The maximum atomic E-state index is 12.7. The third kappa shape index (κ3) is 4.77. The molecule has 0 aliphatic rings. The SMILES string of the molecule is COCCCNC(=O)Cn1nc(Cc2ccncc2)c2ccccc2c1=O. The highest BCUT2D eigenvalue weighted by Crippen LogP contribution is 2.16.